The highest BCUT2D eigenvalue weighted by Crippen LogP contribution is 2.17. The third-order valence-electron chi connectivity index (χ3n) is 1.42. The molecule has 0 aliphatic carbocycles. The zero-order chi connectivity index (χ0) is 24.4. The van der Waals surface area contributed by atoms with Crippen LogP contribution >= 0.6 is 55.4 Å². The lowest BCUT2D eigenvalue weighted by Gasteiger charge is -2.28. The van der Waals surface area contributed by atoms with Crippen molar-refractivity contribution in [2.24, 2.45) is 0 Å². The average molecular weight is 601 g/mol. The van der Waals surface area contributed by atoms with Crippen LogP contribution in [0.25, 0.3) is 0 Å². The van der Waals surface area contributed by atoms with Gasteiger partial charge < -0.3 is 9.30 Å². The molecule has 0 saturated heterocycles. The Morgan fingerprint density at radius 1 is 0.393 bits per heavy atom. The summed E-state index contributed by atoms with van der Waals surface area (Å²) < 4.78 is 7.24. The quantitative estimate of drug-likeness (QED) is 0.249. The molecule has 28 heavy (non-hydrogen) atoms. The third kappa shape index (κ3) is 102. The molecule has 0 aromatic carbocycles. The first-order valence-electron chi connectivity index (χ1n) is 9.44. The minimum Gasteiger partial charge on any atom is -0.360 e. The summed E-state index contributed by atoms with van der Waals surface area (Å²) in [6, 6.07) is -2.19. The lowest BCUT2D eigenvalue weighted by molar-refractivity contribution is 1.30. The standard InChI is InChI=1S/C6H19NSi2.C5H16ClNSi2.C3H9ClSi.CH3Cl3Si/c2*1-8(2,3)7-9(4,5)6;2*1-5(2,3)4/h7H,1-6H3;7H,1-5H3;1-3H3;1H3. The van der Waals surface area contributed by atoms with Crippen LogP contribution in [0, 0.1) is 0 Å². The Balaban J connectivity index is -0.000000143. The highest BCUT2D eigenvalue weighted by Gasteiger charge is 2.25. The molecule has 0 aromatic heterocycles. The van der Waals surface area contributed by atoms with E-state index >= 15 is 0 Å². The van der Waals surface area contributed by atoms with E-state index in [9.17, 15) is 0 Å². The summed E-state index contributed by atoms with van der Waals surface area (Å²) in [4.78, 5) is 0. The van der Waals surface area contributed by atoms with Crippen molar-refractivity contribution in [1.82, 2.24) is 9.30 Å². The van der Waals surface area contributed by atoms with Gasteiger partial charge in [-0.3, -0.25) is 0 Å². The van der Waals surface area contributed by atoms with E-state index in [1.165, 1.54) is 0 Å². The molecular formula is C15H47Cl5N2Si6. The second-order valence-electron chi connectivity index (χ2n) is 11.3. The second kappa shape index (κ2) is 14.7. The monoisotopic (exact) mass is 598 g/mol. The maximum absolute atomic E-state index is 6.08. The molecule has 176 valence electrons. The summed E-state index contributed by atoms with van der Waals surface area (Å²) in [7, 11) is -5.72. The van der Waals surface area contributed by atoms with Gasteiger partial charge in [-0.15, -0.1) is 44.3 Å². The van der Waals surface area contributed by atoms with Gasteiger partial charge in [0.2, 0.25) is 7.55 Å². The smallest absolute Gasteiger partial charge is 0.338 e. The molecule has 0 fully saturated rings. The van der Waals surface area contributed by atoms with Gasteiger partial charge in [0.15, 0.2) is 0 Å². The minimum atomic E-state index is -2.19. The van der Waals surface area contributed by atoms with Gasteiger partial charge in [-0.2, -0.15) is 11.1 Å². The second-order valence-corrected chi connectivity index (χ2v) is 50.2. The van der Waals surface area contributed by atoms with E-state index in [-0.39, 0.29) is 0 Å². The van der Waals surface area contributed by atoms with Crippen molar-refractivity contribution in [1.29, 1.82) is 0 Å². The Kier molecular flexibility index (Phi) is 20.0. The van der Waals surface area contributed by atoms with Crippen LogP contribution < -0.4 is 9.30 Å². The summed E-state index contributed by atoms with van der Waals surface area (Å²) in [6.07, 6.45) is 0. The molecule has 0 unspecified atom stereocenters. The third-order valence-corrected chi connectivity index (χ3v) is 13.7. The molecule has 2 N–H and O–H groups in total. The first kappa shape index (κ1) is 38.0. The molecule has 0 aliphatic heterocycles. The maximum Gasteiger partial charge on any atom is 0.338 e. The lowest BCUT2D eigenvalue weighted by atomic mass is 11.8. The van der Waals surface area contributed by atoms with Crippen molar-refractivity contribution in [2.45, 2.75) is 98.2 Å². The molecule has 0 aromatic rings. The van der Waals surface area contributed by atoms with Crippen molar-refractivity contribution in [2.75, 3.05) is 0 Å². The van der Waals surface area contributed by atoms with E-state index in [2.05, 4.69) is 101 Å². The van der Waals surface area contributed by atoms with Crippen LogP contribution in [-0.4, -0.2) is 45.6 Å². The predicted molar refractivity (Wildman–Crippen MR) is 158 cm³/mol. The summed E-state index contributed by atoms with van der Waals surface area (Å²) in [5.74, 6) is 0. The predicted octanol–water partition coefficient (Wildman–Crippen LogP) is 8.93. The topological polar surface area (TPSA) is 24.1 Å². The van der Waals surface area contributed by atoms with E-state index in [4.69, 9.17) is 55.4 Å². The average Bonchev–Trinajstić information content (AvgIpc) is 1.95. The molecular weight excluding hydrogens is 554 g/mol. The van der Waals surface area contributed by atoms with Crippen LogP contribution in [0.3, 0.4) is 0 Å². The fourth-order valence-corrected chi connectivity index (χ4v) is 20.7. The summed E-state index contributed by atoms with van der Waals surface area (Å²) >= 11 is 27.3. The Morgan fingerprint density at radius 3 is 0.536 bits per heavy atom. The molecule has 13 heteroatoms. The number of rotatable bonds is 4. The van der Waals surface area contributed by atoms with Gasteiger partial charge in [0.1, 0.15) is 32.1 Å². The first-order chi connectivity index (χ1) is 11.4. The molecule has 0 atom stereocenters. The Bertz CT molecular complexity index is 315. The zero-order valence-corrected chi connectivity index (χ0v) is 30.7. The van der Waals surface area contributed by atoms with Gasteiger partial charge >= 0.3 is 6.00 Å². The van der Waals surface area contributed by atoms with E-state index < -0.39 is 45.6 Å². The first-order valence-corrected chi connectivity index (χ1v) is 34.0. The SMILES string of the molecule is C[Si](C)(C)Cl.C[Si](C)(C)N[Si](C)(C)C.C[Si](C)(C)N[Si](C)(C)Cl.C[Si](Cl)(Cl)Cl. The fraction of sp³-hybridized carbons (Fsp3) is 1.00. The summed E-state index contributed by atoms with van der Waals surface area (Å²) in [5.41, 5.74) is 0. The Labute approximate surface area is 207 Å². The minimum absolute atomic E-state index is 0.981. The molecule has 0 saturated carbocycles. The van der Waals surface area contributed by atoms with E-state index in [0.717, 1.165) is 0 Å². The van der Waals surface area contributed by atoms with Crippen LogP contribution in [0.15, 0.2) is 0 Å². The van der Waals surface area contributed by atoms with E-state index in [0.29, 0.717) is 0 Å². The molecule has 0 bridgehead atoms. The van der Waals surface area contributed by atoms with Crippen molar-refractivity contribution in [3.05, 3.63) is 0 Å². The summed E-state index contributed by atoms with van der Waals surface area (Å²) in [5, 5.41) is 0. The van der Waals surface area contributed by atoms with Crippen LogP contribution in [0.2, 0.25) is 98.2 Å². The van der Waals surface area contributed by atoms with Gasteiger partial charge in [-0.1, -0.05) is 78.6 Å². The molecule has 0 amide bonds. The summed E-state index contributed by atoms with van der Waals surface area (Å²) in [6.45, 7) is 33.1. The van der Waals surface area contributed by atoms with Gasteiger partial charge in [0, 0.05) is 0 Å². The lowest BCUT2D eigenvalue weighted by Crippen LogP contribution is -2.55. The normalized spacial score (nSPS) is 13.3. The number of hydrogen-bond donors (Lipinski definition) is 2. The largest absolute Gasteiger partial charge is 0.360 e. The van der Waals surface area contributed by atoms with Crippen molar-refractivity contribution in [3.8, 4) is 0 Å². The molecule has 0 rings (SSSR count). The van der Waals surface area contributed by atoms with Crippen LogP contribution in [-0.2, 0) is 0 Å². The van der Waals surface area contributed by atoms with Crippen LogP contribution in [0.4, 0.5) is 0 Å². The van der Waals surface area contributed by atoms with Crippen LogP contribution in [0.5, 0.6) is 0 Å². The Hall–Kier alpha value is 2.67. The van der Waals surface area contributed by atoms with Gasteiger partial charge in [-0.05, 0) is 19.6 Å². The van der Waals surface area contributed by atoms with E-state index in [1.54, 1.807) is 6.55 Å². The number of nitrogens with one attached hydrogen (secondary N) is 2. The van der Waals surface area contributed by atoms with Crippen LogP contribution in [0.1, 0.15) is 0 Å². The molecule has 0 spiro atoms. The molecule has 0 heterocycles. The number of hydrogen-bond acceptors (Lipinski definition) is 2. The molecule has 0 radical (unpaired) electrons. The van der Waals surface area contributed by atoms with Gasteiger partial charge in [-0.25, -0.2) is 0 Å². The Morgan fingerprint density at radius 2 is 0.536 bits per heavy atom. The molecule has 0 aliphatic rings. The number of halogens is 5. The highest BCUT2D eigenvalue weighted by atomic mass is 35.8. The molecule has 2 nitrogen and oxygen atoms in total. The van der Waals surface area contributed by atoms with E-state index in [1.807, 2.05) is 0 Å². The highest BCUT2D eigenvalue weighted by molar-refractivity contribution is 7.64. The maximum atomic E-state index is 6.08. The zero-order valence-electron chi connectivity index (χ0n) is 20.9. The van der Waals surface area contributed by atoms with Crippen molar-refractivity contribution in [3.63, 3.8) is 0 Å². The van der Waals surface area contributed by atoms with Crippen molar-refractivity contribution < 1.29 is 0 Å². The van der Waals surface area contributed by atoms with Crippen molar-refractivity contribution >= 4 is 101 Å². The fourth-order valence-electron chi connectivity index (χ4n) is 2.02. The van der Waals surface area contributed by atoms with Gasteiger partial charge in [0.05, 0.1) is 0 Å². The van der Waals surface area contributed by atoms with Gasteiger partial charge in [0.25, 0.3) is 0 Å².